The van der Waals surface area contributed by atoms with Crippen molar-refractivity contribution in [3.05, 3.63) is 72.1 Å². The summed E-state index contributed by atoms with van der Waals surface area (Å²) >= 11 is 0. The zero-order chi connectivity index (χ0) is 22.4. The highest BCUT2D eigenvalue weighted by atomic mass is 16.4. The number of carboxylic acid groups (broad SMARTS) is 1. The maximum absolute atomic E-state index is 12.5. The van der Waals surface area contributed by atoms with Gasteiger partial charge >= 0.3 is 5.97 Å². The summed E-state index contributed by atoms with van der Waals surface area (Å²) in [6, 6.07) is 16.9. The lowest BCUT2D eigenvalue weighted by atomic mass is 9.81. The number of carbonyl (C=O) groups is 3. The molecule has 1 heterocycles. The number of hydrogen-bond acceptors (Lipinski definition) is 5. The van der Waals surface area contributed by atoms with Crippen LogP contribution in [0.15, 0.2) is 60.8 Å². The zero-order valence-corrected chi connectivity index (χ0v) is 16.9. The van der Waals surface area contributed by atoms with E-state index in [1.165, 1.54) is 13.1 Å². The standard InChI is InChI=1S/C22H23N5O4/c1-22(20(23)29,21(30)31)12-17(25-19(28)18-13-24-27-26-18)11-14-7-9-16(10-8-14)15-5-3-2-4-6-15/h2-10,13,17H,11-12H2,1H3,(H2,23,29)(H,25,28)(H,30,31)(H,24,26,27)/t17-,22-/m0/s1. The van der Waals surface area contributed by atoms with Gasteiger partial charge in [-0.3, -0.25) is 19.5 Å². The molecule has 3 aromatic rings. The van der Waals surface area contributed by atoms with Crippen LogP contribution in [0.3, 0.4) is 0 Å². The topological polar surface area (TPSA) is 151 Å². The summed E-state index contributed by atoms with van der Waals surface area (Å²) in [6.45, 7) is 1.26. The highest BCUT2D eigenvalue weighted by molar-refractivity contribution is 6.00. The van der Waals surface area contributed by atoms with E-state index in [9.17, 15) is 19.5 Å². The second-order valence-electron chi connectivity index (χ2n) is 7.51. The Balaban J connectivity index is 1.82. The molecule has 2 atom stereocenters. The van der Waals surface area contributed by atoms with E-state index in [0.717, 1.165) is 16.7 Å². The van der Waals surface area contributed by atoms with E-state index in [1.54, 1.807) is 0 Å². The Morgan fingerprint density at radius 1 is 1.10 bits per heavy atom. The molecular weight excluding hydrogens is 398 g/mol. The lowest BCUT2D eigenvalue weighted by Crippen LogP contribution is -2.48. The summed E-state index contributed by atoms with van der Waals surface area (Å²) in [5, 5.41) is 21.8. The number of nitrogens with zero attached hydrogens (tertiary/aromatic N) is 2. The van der Waals surface area contributed by atoms with Crippen LogP contribution in [0.2, 0.25) is 0 Å². The molecule has 0 fully saturated rings. The van der Waals surface area contributed by atoms with Gasteiger partial charge in [0.05, 0.1) is 6.20 Å². The second-order valence-corrected chi connectivity index (χ2v) is 7.51. The van der Waals surface area contributed by atoms with Crippen molar-refractivity contribution in [1.82, 2.24) is 20.7 Å². The van der Waals surface area contributed by atoms with Gasteiger partial charge in [-0.05, 0) is 36.5 Å². The molecule has 3 rings (SSSR count). The normalized spacial score (nSPS) is 13.7. The predicted molar refractivity (Wildman–Crippen MR) is 113 cm³/mol. The molecule has 0 saturated carbocycles. The van der Waals surface area contributed by atoms with Crippen LogP contribution >= 0.6 is 0 Å². The molecule has 9 nitrogen and oxygen atoms in total. The minimum absolute atomic E-state index is 0.125. The molecule has 0 spiro atoms. The van der Waals surface area contributed by atoms with Crippen molar-refractivity contribution in [3.63, 3.8) is 0 Å². The molecular formula is C22H23N5O4. The van der Waals surface area contributed by atoms with Gasteiger partial charge in [0.2, 0.25) is 5.91 Å². The molecule has 0 saturated heterocycles. The molecule has 9 heteroatoms. The van der Waals surface area contributed by atoms with Crippen LogP contribution in [0, 0.1) is 5.41 Å². The van der Waals surface area contributed by atoms with Crippen molar-refractivity contribution >= 4 is 17.8 Å². The van der Waals surface area contributed by atoms with Crippen molar-refractivity contribution in [2.75, 3.05) is 0 Å². The maximum Gasteiger partial charge on any atom is 0.318 e. The van der Waals surface area contributed by atoms with Crippen LogP contribution in [-0.2, 0) is 16.0 Å². The Kier molecular flexibility index (Phi) is 6.44. The van der Waals surface area contributed by atoms with Gasteiger partial charge in [-0.25, -0.2) is 0 Å². The lowest BCUT2D eigenvalue weighted by Gasteiger charge is -2.27. The third kappa shape index (κ3) is 5.13. The Morgan fingerprint density at radius 3 is 2.29 bits per heavy atom. The lowest BCUT2D eigenvalue weighted by molar-refractivity contribution is -0.154. The molecule has 0 aliphatic heterocycles. The number of nitrogens with two attached hydrogens (primary N) is 1. The van der Waals surface area contributed by atoms with Crippen LogP contribution < -0.4 is 11.1 Å². The van der Waals surface area contributed by atoms with Gasteiger partial charge in [-0.15, -0.1) is 5.10 Å². The predicted octanol–water partition coefficient (Wildman–Crippen LogP) is 1.78. The number of aliphatic carboxylic acids is 1. The fraction of sp³-hybridized carbons (Fsp3) is 0.227. The van der Waals surface area contributed by atoms with Crippen LogP contribution in [0.25, 0.3) is 11.1 Å². The van der Waals surface area contributed by atoms with E-state index in [1.807, 2.05) is 54.6 Å². The highest BCUT2D eigenvalue weighted by Crippen LogP contribution is 2.26. The first kappa shape index (κ1) is 21.7. The summed E-state index contributed by atoms with van der Waals surface area (Å²) < 4.78 is 0. The van der Waals surface area contributed by atoms with Crippen molar-refractivity contribution in [1.29, 1.82) is 0 Å². The third-order valence-corrected chi connectivity index (χ3v) is 5.21. The van der Waals surface area contributed by atoms with Gasteiger partial charge in [0, 0.05) is 6.04 Å². The number of primary amides is 1. The van der Waals surface area contributed by atoms with E-state index in [4.69, 9.17) is 5.73 Å². The van der Waals surface area contributed by atoms with E-state index < -0.39 is 29.2 Å². The number of nitrogens with one attached hydrogen (secondary N) is 2. The van der Waals surface area contributed by atoms with Crippen molar-refractivity contribution in [2.45, 2.75) is 25.8 Å². The number of rotatable bonds is 9. The van der Waals surface area contributed by atoms with E-state index in [2.05, 4.69) is 20.7 Å². The van der Waals surface area contributed by atoms with Gasteiger partial charge < -0.3 is 16.2 Å². The third-order valence-electron chi connectivity index (χ3n) is 5.21. The molecule has 2 aromatic carbocycles. The SMILES string of the molecule is C[C@](C[C@H](Cc1ccc(-c2ccccc2)cc1)NC(=O)c1cnn[nH]1)(C(N)=O)C(=O)O. The number of hydrogen-bond donors (Lipinski definition) is 4. The van der Waals surface area contributed by atoms with Gasteiger partial charge in [0.15, 0.2) is 0 Å². The first-order valence-electron chi connectivity index (χ1n) is 9.64. The Labute approximate surface area is 178 Å². The van der Waals surface area contributed by atoms with E-state index >= 15 is 0 Å². The Morgan fingerprint density at radius 2 is 1.74 bits per heavy atom. The highest BCUT2D eigenvalue weighted by Gasteiger charge is 2.42. The number of aromatic nitrogens is 3. The monoisotopic (exact) mass is 421 g/mol. The van der Waals surface area contributed by atoms with Crippen molar-refractivity contribution in [3.8, 4) is 11.1 Å². The fourth-order valence-electron chi connectivity index (χ4n) is 3.28. The molecule has 0 aliphatic rings. The Bertz CT molecular complexity index is 1040. The average Bonchev–Trinajstić information content (AvgIpc) is 3.29. The van der Waals surface area contributed by atoms with Crippen LogP contribution in [0.4, 0.5) is 0 Å². The Hall–Kier alpha value is -4.01. The minimum Gasteiger partial charge on any atom is -0.480 e. The van der Waals surface area contributed by atoms with Crippen LogP contribution in [0.1, 0.15) is 29.4 Å². The average molecular weight is 421 g/mol. The van der Waals surface area contributed by atoms with Crippen LogP contribution in [-0.4, -0.2) is 44.3 Å². The minimum atomic E-state index is -1.84. The number of aromatic amines is 1. The first-order valence-corrected chi connectivity index (χ1v) is 9.64. The molecule has 160 valence electrons. The molecule has 0 radical (unpaired) electrons. The van der Waals surface area contributed by atoms with E-state index in [0.29, 0.717) is 6.42 Å². The van der Waals surface area contributed by atoms with Crippen molar-refractivity contribution < 1.29 is 19.5 Å². The molecule has 31 heavy (non-hydrogen) atoms. The number of carbonyl (C=O) groups excluding carboxylic acids is 2. The number of benzene rings is 2. The molecule has 0 unspecified atom stereocenters. The fourth-order valence-corrected chi connectivity index (χ4v) is 3.28. The zero-order valence-electron chi connectivity index (χ0n) is 16.9. The summed E-state index contributed by atoms with van der Waals surface area (Å²) in [5.74, 6) is -2.82. The van der Waals surface area contributed by atoms with Crippen LogP contribution in [0.5, 0.6) is 0 Å². The number of H-pyrrole nitrogens is 1. The summed E-state index contributed by atoms with van der Waals surface area (Å²) in [5.41, 5.74) is 6.61. The summed E-state index contributed by atoms with van der Waals surface area (Å²) in [4.78, 5) is 36.1. The van der Waals surface area contributed by atoms with Crippen molar-refractivity contribution in [2.24, 2.45) is 11.1 Å². The van der Waals surface area contributed by atoms with Gasteiger partial charge in [-0.1, -0.05) is 59.8 Å². The summed E-state index contributed by atoms with van der Waals surface area (Å²) in [6.07, 6.45) is 1.38. The molecule has 5 N–H and O–H groups in total. The quantitative estimate of drug-likeness (QED) is 0.387. The first-order chi connectivity index (χ1) is 14.8. The molecule has 1 aromatic heterocycles. The molecule has 2 amide bonds. The van der Waals surface area contributed by atoms with Gasteiger partial charge in [0.25, 0.3) is 5.91 Å². The molecule has 0 bridgehead atoms. The maximum atomic E-state index is 12.5. The van der Waals surface area contributed by atoms with Gasteiger partial charge in [0.1, 0.15) is 11.1 Å². The largest absolute Gasteiger partial charge is 0.480 e. The smallest absolute Gasteiger partial charge is 0.318 e. The van der Waals surface area contributed by atoms with E-state index in [-0.39, 0.29) is 12.1 Å². The van der Waals surface area contributed by atoms with Gasteiger partial charge in [-0.2, -0.15) is 0 Å². The number of amides is 2. The number of carboxylic acids is 1. The summed E-state index contributed by atoms with van der Waals surface area (Å²) in [7, 11) is 0. The molecule has 0 aliphatic carbocycles. The second kappa shape index (κ2) is 9.21.